The summed E-state index contributed by atoms with van der Waals surface area (Å²) in [5.41, 5.74) is 0. The smallest absolute Gasteiger partial charge is 0.332 e. The fourth-order valence-corrected chi connectivity index (χ4v) is 2.31. The van der Waals surface area contributed by atoms with E-state index < -0.39 is 0 Å². The van der Waals surface area contributed by atoms with Crippen molar-refractivity contribution in [1.29, 1.82) is 0 Å². The molecule has 0 aromatic rings. The molecule has 5 nitrogen and oxygen atoms in total. The summed E-state index contributed by atoms with van der Waals surface area (Å²) in [5, 5.41) is 3.47. The number of carbonyl (C=O) groups is 1. The van der Waals surface area contributed by atoms with Crippen LogP contribution in [-0.2, 0) is 19.0 Å². The van der Waals surface area contributed by atoms with Crippen LogP contribution in [0.3, 0.4) is 0 Å². The minimum atomic E-state index is -0.276. The van der Waals surface area contributed by atoms with Crippen LogP contribution in [0.25, 0.3) is 0 Å². The van der Waals surface area contributed by atoms with Gasteiger partial charge in [-0.25, -0.2) is 4.79 Å². The fraction of sp³-hybridized carbons (Fsp3) is 0.909. The first-order valence-electron chi connectivity index (χ1n) is 5.89. The molecule has 2 saturated heterocycles. The lowest BCUT2D eigenvalue weighted by atomic mass is 9.95. The molecule has 2 heterocycles. The molecule has 0 spiro atoms. The Balaban J connectivity index is 1.72. The average molecular weight is 229 g/mol. The number of ether oxygens (including phenoxy) is 3. The highest BCUT2D eigenvalue weighted by Crippen LogP contribution is 2.20. The van der Waals surface area contributed by atoms with E-state index in [1.54, 1.807) is 6.92 Å². The molecule has 2 bridgehead atoms. The highest BCUT2D eigenvalue weighted by molar-refractivity contribution is 5.70. The quantitative estimate of drug-likeness (QED) is 0.692. The van der Waals surface area contributed by atoms with Gasteiger partial charge in [0.05, 0.1) is 25.9 Å². The topological polar surface area (TPSA) is 56.8 Å². The number of nitrogens with one attached hydrogen (secondary N) is 1. The minimum absolute atomic E-state index is 0.0683. The van der Waals surface area contributed by atoms with Crippen molar-refractivity contribution >= 4 is 5.97 Å². The van der Waals surface area contributed by atoms with Crippen LogP contribution in [0.5, 0.6) is 0 Å². The van der Waals surface area contributed by atoms with E-state index in [0.29, 0.717) is 18.7 Å². The summed E-state index contributed by atoms with van der Waals surface area (Å²) >= 11 is 0. The average Bonchev–Trinajstić information content (AvgIpc) is 2.26. The van der Waals surface area contributed by atoms with E-state index in [9.17, 15) is 4.79 Å². The molecule has 0 saturated carbocycles. The van der Waals surface area contributed by atoms with Gasteiger partial charge < -0.3 is 19.5 Å². The van der Waals surface area contributed by atoms with Gasteiger partial charge in [0.25, 0.3) is 0 Å². The van der Waals surface area contributed by atoms with Crippen LogP contribution in [-0.4, -0.2) is 50.6 Å². The highest BCUT2D eigenvalue weighted by Gasteiger charge is 2.32. The van der Waals surface area contributed by atoms with Crippen LogP contribution in [0.15, 0.2) is 0 Å². The summed E-state index contributed by atoms with van der Waals surface area (Å²) in [6.45, 7) is 3.77. The van der Waals surface area contributed by atoms with Crippen LogP contribution in [0.1, 0.15) is 19.8 Å². The Morgan fingerprint density at radius 1 is 1.38 bits per heavy atom. The monoisotopic (exact) mass is 229 g/mol. The number of piperidine rings is 1. The van der Waals surface area contributed by atoms with Crippen LogP contribution < -0.4 is 5.32 Å². The summed E-state index contributed by atoms with van der Waals surface area (Å²) in [5.74, 6) is -0.276. The molecule has 2 fully saturated rings. The van der Waals surface area contributed by atoms with Crippen molar-refractivity contribution in [2.45, 2.75) is 38.0 Å². The zero-order valence-corrected chi connectivity index (χ0v) is 9.61. The number of hydrogen-bond donors (Lipinski definition) is 1. The van der Waals surface area contributed by atoms with Crippen molar-refractivity contribution in [3.05, 3.63) is 0 Å². The zero-order valence-electron chi connectivity index (χ0n) is 9.61. The Bertz CT molecular complexity index is 234. The second-order valence-corrected chi connectivity index (χ2v) is 4.31. The predicted octanol–water partition coefficient (Wildman–Crippen LogP) is 0.0855. The maximum absolute atomic E-state index is 11.1. The molecule has 0 amide bonds. The van der Waals surface area contributed by atoms with Gasteiger partial charge in [-0.3, -0.25) is 0 Å². The molecule has 0 aliphatic carbocycles. The van der Waals surface area contributed by atoms with Gasteiger partial charge in [0, 0.05) is 12.1 Å². The normalized spacial score (nSPS) is 33.4. The first-order chi connectivity index (χ1) is 7.78. The zero-order chi connectivity index (χ0) is 11.4. The van der Waals surface area contributed by atoms with E-state index >= 15 is 0 Å². The molecule has 0 aromatic heterocycles. The lowest BCUT2D eigenvalue weighted by molar-refractivity contribution is -0.152. The van der Waals surface area contributed by atoms with Gasteiger partial charge in [-0.2, -0.15) is 0 Å². The summed E-state index contributed by atoms with van der Waals surface area (Å²) in [6.07, 6.45) is 1.98. The van der Waals surface area contributed by atoms with Crippen LogP contribution in [0, 0.1) is 0 Å². The van der Waals surface area contributed by atoms with E-state index in [-0.39, 0.29) is 18.7 Å². The standard InChI is InChI=1S/C11H19NO4/c1-2-15-11(13)7-16-10-3-8-5-14-6-9(4-10)12-8/h8-10,12H,2-7H2,1H3/t8-,9+,10?. The predicted molar refractivity (Wildman–Crippen MR) is 57.1 cm³/mol. The second kappa shape index (κ2) is 5.61. The van der Waals surface area contributed by atoms with E-state index in [4.69, 9.17) is 14.2 Å². The fourth-order valence-electron chi connectivity index (χ4n) is 2.31. The number of hydrogen-bond acceptors (Lipinski definition) is 5. The highest BCUT2D eigenvalue weighted by atomic mass is 16.6. The van der Waals surface area contributed by atoms with E-state index in [1.165, 1.54) is 0 Å². The van der Waals surface area contributed by atoms with Crippen molar-refractivity contribution in [3.8, 4) is 0 Å². The van der Waals surface area contributed by atoms with Crippen LogP contribution >= 0.6 is 0 Å². The summed E-state index contributed by atoms with van der Waals surface area (Å²) < 4.78 is 15.8. The summed E-state index contributed by atoms with van der Waals surface area (Å²) in [4.78, 5) is 11.1. The van der Waals surface area contributed by atoms with Gasteiger partial charge in [0.2, 0.25) is 0 Å². The molecular weight excluding hydrogens is 210 g/mol. The number of esters is 1. The molecular formula is C11H19NO4. The lowest BCUT2D eigenvalue weighted by Gasteiger charge is -2.39. The Labute approximate surface area is 95.4 Å². The van der Waals surface area contributed by atoms with E-state index in [1.807, 2.05) is 0 Å². The summed E-state index contributed by atoms with van der Waals surface area (Å²) in [6, 6.07) is 0.749. The van der Waals surface area contributed by atoms with Crippen molar-refractivity contribution in [2.24, 2.45) is 0 Å². The lowest BCUT2D eigenvalue weighted by Crippen LogP contribution is -2.56. The molecule has 5 heteroatoms. The van der Waals surface area contributed by atoms with Gasteiger partial charge in [0.1, 0.15) is 6.61 Å². The van der Waals surface area contributed by atoms with Gasteiger partial charge in [-0.05, 0) is 19.8 Å². The third-order valence-corrected chi connectivity index (χ3v) is 2.95. The van der Waals surface area contributed by atoms with Gasteiger partial charge in [-0.15, -0.1) is 0 Å². The molecule has 92 valence electrons. The SMILES string of the molecule is CCOC(=O)COC1C[C@H]2COC[C@@H](C1)N2. The molecule has 1 N–H and O–H groups in total. The van der Waals surface area contributed by atoms with Crippen molar-refractivity contribution in [2.75, 3.05) is 26.4 Å². The van der Waals surface area contributed by atoms with Crippen molar-refractivity contribution < 1.29 is 19.0 Å². The molecule has 0 aromatic carbocycles. The molecule has 2 rings (SSSR count). The van der Waals surface area contributed by atoms with E-state index in [2.05, 4.69) is 5.32 Å². The molecule has 1 unspecified atom stereocenters. The van der Waals surface area contributed by atoms with Crippen molar-refractivity contribution in [3.63, 3.8) is 0 Å². The van der Waals surface area contributed by atoms with E-state index in [0.717, 1.165) is 26.1 Å². The third kappa shape index (κ3) is 3.17. The number of rotatable bonds is 4. The molecule has 2 aliphatic rings. The molecule has 3 atom stereocenters. The van der Waals surface area contributed by atoms with Crippen LogP contribution in [0.2, 0.25) is 0 Å². The number of carbonyl (C=O) groups excluding carboxylic acids is 1. The first kappa shape index (κ1) is 11.8. The van der Waals surface area contributed by atoms with Crippen LogP contribution in [0.4, 0.5) is 0 Å². The van der Waals surface area contributed by atoms with Gasteiger partial charge >= 0.3 is 5.97 Å². The second-order valence-electron chi connectivity index (χ2n) is 4.31. The maximum Gasteiger partial charge on any atom is 0.332 e. The Morgan fingerprint density at radius 3 is 2.69 bits per heavy atom. The minimum Gasteiger partial charge on any atom is -0.464 e. The third-order valence-electron chi connectivity index (χ3n) is 2.95. The van der Waals surface area contributed by atoms with Gasteiger partial charge in [0.15, 0.2) is 0 Å². The molecule has 0 radical (unpaired) electrons. The Kier molecular flexibility index (Phi) is 4.15. The Hall–Kier alpha value is -0.650. The maximum atomic E-state index is 11.1. The number of morpholine rings is 1. The molecule has 16 heavy (non-hydrogen) atoms. The first-order valence-corrected chi connectivity index (χ1v) is 5.89. The largest absolute Gasteiger partial charge is 0.464 e. The molecule has 2 aliphatic heterocycles. The van der Waals surface area contributed by atoms with Crippen molar-refractivity contribution in [1.82, 2.24) is 5.32 Å². The van der Waals surface area contributed by atoms with Gasteiger partial charge in [-0.1, -0.05) is 0 Å². The summed E-state index contributed by atoms with van der Waals surface area (Å²) in [7, 11) is 0. The number of fused-ring (bicyclic) bond motifs is 2. The Morgan fingerprint density at radius 2 is 2.06 bits per heavy atom.